The van der Waals surface area contributed by atoms with Gasteiger partial charge in [-0.3, -0.25) is 4.57 Å². The lowest BCUT2D eigenvalue weighted by atomic mass is 9.84. The minimum Gasteiger partial charge on any atom is -0.296 e. The first kappa shape index (κ1) is 32.6. The molecule has 0 atom stereocenters. The minimum absolute atomic E-state index is 0.858. The van der Waals surface area contributed by atoms with E-state index in [-0.39, 0.29) is 0 Å². The van der Waals surface area contributed by atoms with E-state index in [1.165, 1.54) is 77.2 Å². The van der Waals surface area contributed by atoms with Crippen LogP contribution >= 0.6 is 0 Å². The van der Waals surface area contributed by atoms with E-state index in [1.807, 2.05) is 0 Å². The van der Waals surface area contributed by atoms with Crippen LogP contribution in [-0.4, -0.2) is 9.55 Å². The molecular weight excluding hydrogens is 665 g/mol. The van der Waals surface area contributed by atoms with Crippen molar-refractivity contribution in [3.8, 4) is 61.3 Å². The monoisotopic (exact) mass is 702 g/mol. The molecule has 0 saturated heterocycles. The SMILES string of the molecule is CCc1nc2ccccc2n1-c1ccc(-c2c3ccccc3c(-c3ccc(-c4ccccc4)cc3)c3cc(-c4ccc(-c5ccccc5)cc4)ccc23)cc1. The molecule has 2 heteroatoms. The highest BCUT2D eigenvalue weighted by Crippen LogP contribution is 2.45. The van der Waals surface area contributed by atoms with Gasteiger partial charge >= 0.3 is 0 Å². The lowest BCUT2D eigenvalue weighted by Gasteiger charge is -2.19. The van der Waals surface area contributed by atoms with E-state index in [2.05, 4.69) is 212 Å². The number of aromatic nitrogens is 2. The third kappa shape index (κ3) is 5.80. The number of hydrogen-bond donors (Lipinski definition) is 0. The summed E-state index contributed by atoms with van der Waals surface area (Å²) < 4.78 is 2.30. The molecule has 0 amide bonds. The van der Waals surface area contributed by atoms with Crippen LogP contribution in [0.15, 0.2) is 200 Å². The molecule has 1 aromatic heterocycles. The van der Waals surface area contributed by atoms with Crippen molar-refractivity contribution >= 4 is 32.6 Å². The number of benzene rings is 9. The Hall–Kier alpha value is -7.03. The Morgan fingerprint density at radius 3 is 1.36 bits per heavy atom. The number of para-hydroxylation sites is 2. The van der Waals surface area contributed by atoms with Gasteiger partial charge < -0.3 is 0 Å². The van der Waals surface area contributed by atoms with E-state index in [1.54, 1.807) is 0 Å². The molecule has 0 unspecified atom stereocenters. The summed E-state index contributed by atoms with van der Waals surface area (Å²) in [5.74, 6) is 1.07. The Bertz CT molecular complexity index is 2960. The topological polar surface area (TPSA) is 17.8 Å². The van der Waals surface area contributed by atoms with Gasteiger partial charge in [-0.25, -0.2) is 4.98 Å². The van der Waals surface area contributed by atoms with Crippen LogP contribution in [0.1, 0.15) is 12.7 Å². The smallest absolute Gasteiger partial charge is 0.114 e. The van der Waals surface area contributed by atoms with Gasteiger partial charge in [0.2, 0.25) is 0 Å². The average molecular weight is 703 g/mol. The van der Waals surface area contributed by atoms with Gasteiger partial charge in [0.1, 0.15) is 5.82 Å². The molecule has 0 saturated carbocycles. The summed E-state index contributed by atoms with van der Waals surface area (Å²) in [6, 6.07) is 72.7. The Balaban J connectivity index is 1.17. The predicted octanol–water partition coefficient (Wildman–Crippen LogP) is 14.2. The van der Waals surface area contributed by atoms with Crippen molar-refractivity contribution in [3.63, 3.8) is 0 Å². The number of hydrogen-bond acceptors (Lipinski definition) is 1. The second kappa shape index (κ2) is 13.7. The molecule has 0 aliphatic rings. The molecule has 0 radical (unpaired) electrons. The minimum atomic E-state index is 0.858. The van der Waals surface area contributed by atoms with Gasteiger partial charge in [0, 0.05) is 12.1 Å². The van der Waals surface area contributed by atoms with E-state index in [0.717, 1.165) is 29.0 Å². The second-order valence-corrected chi connectivity index (χ2v) is 14.2. The zero-order valence-corrected chi connectivity index (χ0v) is 30.7. The van der Waals surface area contributed by atoms with E-state index in [0.29, 0.717) is 0 Å². The van der Waals surface area contributed by atoms with Crippen LogP contribution in [0.25, 0.3) is 93.9 Å². The highest BCUT2D eigenvalue weighted by Gasteiger charge is 2.19. The highest BCUT2D eigenvalue weighted by atomic mass is 15.1. The number of rotatable bonds is 7. The summed E-state index contributed by atoms with van der Waals surface area (Å²) in [5.41, 5.74) is 15.5. The number of imidazole rings is 1. The summed E-state index contributed by atoms with van der Waals surface area (Å²) in [4.78, 5) is 4.95. The van der Waals surface area contributed by atoms with Gasteiger partial charge in [0.15, 0.2) is 0 Å². The van der Waals surface area contributed by atoms with Crippen LogP contribution in [0.3, 0.4) is 0 Å². The number of aryl methyl sites for hydroxylation is 1. The largest absolute Gasteiger partial charge is 0.296 e. The molecule has 0 aliphatic carbocycles. The van der Waals surface area contributed by atoms with Crippen molar-refractivity contribution in [3.05, 3.63) is 206 Å². The maximum absolute atomic E-state index is 4.95. The molecule has 10 rings (SSSR count). The fourth-order valence-corrected chi connectivity index (χ4v) is 8.30. The molecule has 0 fully saturated rings. The summed E-state index contributed by atoms with van der Waals surface area (Å²) in [6.07, 6.45) is 0.858. The zero-order chi connectivity index (χ0) is 36.7. The normalized spacial score (nSPS) is 11.4. The standard InChI is InChI=1S/C53H38N2/c1-2-51-54-49-19-11-12-20-50(49)55(51)44-32-29-42(30-33-44)52-45-17-9-10-18-46(45)53(41-27-25-39(26-28-41)37-15-7-4-8-16-37)48-35-43(31-34-47(48)52)40-23-21-38(22-24-40)36-13-5-3-6-14-36/h3-35H,2H2,1H3. The van der Waals surface area contributed by atoms with E-state index in [4.69, 9.17) is 4.98 Å². The highest BCUT2D eigenvalue weighted by molar-refractivity contribution is 6.22. The van der Waals surface area contributed by atoms with Gasteiger partial charge in [-0.05, 0) is 108 Å². The van der Waals surface area contributed by atoms with Crippen molar-refractivity contribution in [2.75, 3.05) is 0 Å². The Labute approximate surface area is 321 Å². The van der Waals surface area contributed by atoms with Crippen molar-refractivity contribution in [2.45, 2.75) is 13.3 Å². The van der Waals surface area contributed by atoms with Gasteiger partial charge in [-0.15, -0.1) is 0 Å². The van der Waals surface area contributed by atoms with E-state index < -0.39 is 0 Å². The third-order valence-corrected chi connectivity index (χ3v) is 11.0. The first-order chi connectivity index (χ1) is 27.2. The molecule has 10 aromatic rings. The lowest BCUT2D eigenvalue weighted by molar-refractivity contribution is 0.908. The fraction of sp³-hybridized carbons (Fsp3) is 0.0377. The zero-order valence-electron chi connectivity index (χ0n) is 30.7. The van der Waals surface area contributed by atoms with Crippen LogP contribution < -0.4 is 0 Å². The van der Waals surface area contributed by atoms with Crippen LogP contribution in [0.5, 0.6) is 0 Å². The van der Waals surface area contributed by atoms with Gasteiger partial charge in [0.05, 0.1) is 11.0 Å². The van der Waals surface area contributed by atoms with Crippen LogP contribution in [-0.2, 0) is 6.42 Å². The Morgan fingerprint density at radius 1 is 0.364 bits per heavy atom. The summed E-state index contributed by atoms with van der Waals surface area (Å²) in [5, 5.41) is 4.96. The molecule has 55 heavy (non-hydrogen) atoms. The van der Waals surface area contributed by atoms with E-state index >= 15 is 0 Å². The average Bonchev–Trinajstić information content (AvgIpc) is 3.65. The summed E-state index contributed by atoms with van der Waals surface area (Å²) in [7, 11) is 0. The van der Waals surface area contributed by atoms with Crippen LogP contribution in [0.2, 0.25) is 0 Å². The molecule has 0 N–H and O–H groups in total. The second-order valence-electron chi connectivity index (χ2n) is 14.2. The number of fused-ring (bicyclic) bond motifs is 3. The van der Waals surface area contributed by atoms with Crippen molar-refractivity contribution in [2.24, 2.45) is 0 Å². The lowest BCUT2D eigenvalue weighted by Crippen LogP contribution is -2.00. The molecule has 0 bridgehead atoms. The summed E-state index contributed by atoms with van der Waals surface area (Å²) >= 11 is 0. The Morgan fingerprint density at radius 2 is 0.782 bits per heavy atom. The van der Waals surface area contributed by atoms with Gasteiger partial charge in [-0.2, -0.15) is 0 Å². The molecule has 1 heterocycles. The van der Waals surface area contributed by atoms with Crippen LogP contribution in [0, 0.1) is 0 Å². The molecular formula is C53H38N2. The predicted molar refractivity (Wildman–Crippen MR) is 233 cm³/mol. The number of nitrogens with zero attached hydrogens (tertiary/aromatic N) is 2. The van der Waals surface area contributed by atoms with Gasteiger partial charge in [-0.1, -0.05) is 177 Å². The molecule has 260 valence electrons. The van der Waals surface area contributed by atoms with Crippen molar-refractivity contribution in [1.82, 2.24) is 9.55 Å². The molecule has 0 aliphatic heterocycles. The van der Waals surface area contributed by atoms with Gasteiger partial charge in [0.25, 0.3) is 0 Å². The molecule has 9 aromatic carbocycles. The summed E-state index contributed by atoms with van der Waals surface area (Å²) in [6.45, 7) is 2.17. The maximum Gasteiger partial charge on any atom is 0.114 e. The molecule has 0 spiro atoms. The quantitative estimate of drug-likeness (QED) is 0.151. The Kier molecular flexibility index (Phi) is 8.15. The van der Waals surface area contributed by atoms with Crippen molar-refractivity contribution < 1.29 is 0 Å². The van der Waals surface area contributed by atoms with E-state index in [9.17, 15) is 0 Å². The third-order valence-electron chi connectivity index (χ3n) is 11.0. The first-order valence-electron chi connectivity index (χ1n) is 19.1. The fourth-order valence-electron chi connectivity index (χ4n) is 8.30. The maximum atomic E-state index is 4.95. The van der Waals surface area contributed by atoms with Crippen LogP contribution in [0.4, 0.5) is 0 Å². The first-order valence-corrected chi connectivity index (χ1v) is 19.1. The van der Waals surface area contributed by atoms with Crippen molar-refractivity contribution in [1.29, 1.82) is 0 Å². The molecule has 2 nitrogen and oxygen atoms in total.